The number of carbonyl (C=O) groups excluding carboxylic acids is 2. The van der Waals surface area contributed by atoms with E-state index in [4.69, 9.17) is 14.2 Å². The molecule has 2 heterocycles. The second-order valence-corrected chi connectivity index (χ2v) is 6.22. The monoisotopic (exact) mass is 388 g/mol. The Morgan fingerprint density at radius 1 is 1.19 bits per heavy atom. The molecule has 0 spiro atoms. The van der Waals surface area contributed by atoms with Gasteiger partial charge >= 0.3 is 5.97 Å². The number of hydrogen-bond acceptors (Lipinski definition) is 9. The molecule has 0 radical (unpaired) electrons. The van der Waals surface area contributed by atoms with Crippen LogP contribution in [-0.2, 0) is 16.1 Å². The van der Waals surface area contributed by atoms with E-state index in [1.807, 2.05) is 17.5 Å². The number of aromatic nitrogens is 4. The van der Waals surface area contributed by atoms with Crippen molar-refractivity contribution in [2.75, 3.05) is 20.8 Å². The summed E-state index contributed by atoms with van der Waals surface area (Å²) in [6.45, 7) is -0.685. The second-order valence-electron chi connectivity index (χ2n) is 5.27. The fraction of sp³-hybridized carbons (Fsp3) is 0.235. The molecule has 0 fully saturated rings. The fourth-order valence-electron chi connectivity index (χ4n) is 2.23. The summed E-state index contributed by atoms with van der Waals surface area (Å²) < 4.78 is 15.3. The number of hydrogen-bond donors (Lipinski definition) is 0. The van der Waals surface area contributed by atoms with E-state index in [0.717, 1.165) is 9.67 Å². The lowest BCUT2D eigenvalue weighted by atomic mass is 10.1. The third kappa shape index (κ3) is 4.47. The molecule has 9 nitrogen and oxygen atoms in total. The number of rotatable bonds is 8. The number of thiophene rings is 1. The van der Waals surface area contributed by atoms with Gasteiger partial charge in [0.2, 0.25) is 11.6 Å². The van der Waals surface area contributed by atoms with Crippen molar-refractivity contribution in [3.05, 3.63) is 41.3 Å². The van der Waals surface area contributed by atoms with Crippen molar-refractivity contribution in [3.8, 4) is 22.2 Å². The molecular weight excluding hydrogens is 372 g/mol. The maximum atomic E-state index is 12.3. The Morgan fingerprint density at radius 3 is 2.74 bits per heavy atom. The molecule has 0 saturated carbocycles. The van der Waals surface area contributed by atoms with E-state index in [0.29, 0.717) is 17.3 Å². The number of benzene rings is 1. The summed E-state index contributed by atoms with van der Waals surface area (Å²) in [5.41, 5.74) is 0.267. The van der Waals surface area contributed by atoms with Crippen LogP contribution in [0.15, 0.2) is 35.7 Å². The number of methoxy groups -OCH3 is 2. The number of nitrogens with zero attached hydrogens (tertiary/aromatic N) is 4. The van der Waals surface area contributed by atoms with E-state index in [9.17, 15) is 9.59 Å². The van der Waals surface area contributed by atoms with Crippen LogP contribution in [0.3, 0.4) is 0 Å². The molecule has 140 valence electrons. The van der Waals surface area contributed by atoms with Crippen molar-refractivity contribution in [1.82, 2.24) is 20.2 Å². The van der Waals surface area contributed by atoms with Crippen LogP contribution in [0.25, 0.3) is 10.7 Å². The quantitative estimate of drug-likeness (QED) is 0.425. The highest BCUT2D eigenvalue weighted by Gasteiger charge is 2.17. The minimum Gasteiger partial charge on any atom is -0.497 e. The Morgan fingerprint density at radius 2 is 2.04 bits per heavy atom. The van der Waals surface area contributed by atoms with Crippen LogP contribution < -0.4 is 9.47 Å². The van der Waals surface area contributed by atoms with E-state index in [1.54, 1.807) is 12.1 Å². The summed E-state index contributed by atoms with van der Waals surface area (Å²) >= 11 is 1.47. The van der Waals surface area contributed by atoms with Crippen LogP contribution in [0.2, 0.25) is 0 Å². The van der Waals surface area contributed by atoms with Crippen molar-refractivity contribution >= 4 is 23.1 Å². The fourth-order valence-corrected chi connectivity index (χ4v) is 2.88. The van der Waals surface area contributed by atoms with Gasteiger partial charge in [-0.1, -0.05) is 6.07 Å². The van der Waals surface area contributed by atoms with Crippen LogP contribution in [0.1, 0.15) is 10.4 Å². The zero-order chi connectivity index (χ0) is 19.2. The van der Waals surface area contributed by atoms with Crippen molar-refractivity contribution in [1.29, 1.82) is 0 Å². The normalized spacial score (nSPS) is 10.4. The number of ether oxygens (including phenoxy) is 3. The highest BCUT2D eigenvalue weighted by atomic mass is 32.1. The molecular formula is C17H16N4O5S. The van der Waals surface area contributed by atoms with E-state index in [2.05, 4.69) is 15.4 Å². The molecule has 0 atom stereocenters. The zero-order valence-corrected chi connectivity index (χ0v) is 15.4. The molecule has 0 saturated heterocycles. The Hall–Kier alpha value is -3.27. The molecule has 3 aromatic rings. The van der Waals surface area contributed by atoms with Crippen molar-refractivity contribution in [2.24, 2.45) is 0 Å². The smallest absolute Gasteiger partial charge is 0.330 e. The topological polar surface area (TPSA) is 105 Å². The van der Waals surface area contributed by atoms with Crippen LogP contribution in [-0.4, -0.2) is 52.8 Å². The molecule has 0 amide bonds. The van der Waals surface area contributed by atoms with Gasteiger partial charge < -0.3 is 14.2 Å². The van der Waals surface area contributed by atoms with Crippen LogP contribution in [0.5, 0.6) is 11.5 Å². The Kier molecular flexibility index (Phi) is 5.77. The SMILES string of the molecule is COc1ccc(OC)c(C(=O)COC(=O)Cn2nnc(-c3cccs3)n2)c1. The molecule has 0 bridgehead atoms. The average Bonchev–Trinajstić information content (AvgIpc) is 3.37. The maximum Gasteiger partial charge on any atom is 0.330 e. The van der Waals surface area contributed by atoms with Crippen LogP contribution >= 0.6 is 11.3 Å². The number of carbonyl (C=O) groups is 2. The highest BCUT2D eigenvalue weighted by molar-refractivity contribution is 7.13. The number of esters is 1. The number of tetrazole rings is 1. The first-order valence-corrected chi connectivity index (χ1v) is 8.71. The largest absolute Gasteiger partial charge is 0.497 e. The summed E-state index contributed by atoms with van der Waals surface area (Å²) in [5.74, 6) is 0.231. The van der Waals surface area contributed by atoms with Crippen LogP contribution in [0.4, 0.5) is 0 Å². The molecule has 0 N–H and O–H groups in total. The summed E-state index contributed by atoms with van der Waals surface area (Å²) in [6, 6.07) is 8.53. The molecule has 3 rings (SSSR count). The molecule has 0 aliphatic carbocycles. The molecule has 27 heavy (non-hydrogen) atoms. The molecule has 0 aliphatic heterocycles. The Balaban J connectivity index is 1.58. The summed E-state index contributed by atoms with van der Waals surface area (Å²) in [6.07, 6.45) is 0. The predicted molar refractivity (Wildman–Crippen MR) is 96.0 cm³/mol. The molecule has 10 heteroatoms. The van der Waals surface area contributed by atoms with Gasteiger partial charge in [-0.25, -0.2) is 4.79 Å². The van der Waals surface area contributed by atoms with E-state index < -0.39 is 18.4 Å². The van der Waals surface area contributed by atoms with Gasteiger partial charge in [0.15, 0.2) is 13.2 Å². The minimum absolute atomic E-state index is 0.249. The summed E-state index contributed by atoms with van der Waals surface area (Å²) in [4.78, 5) is 26.3. The summed E-state index contributed by atoms with van der Waals surface area (Å²) in [5, 5.41) is 13.7. The third-order valence-corrected chi connectivity index (χ3v) is 4.40. The lowest BCUT2D eigenvalue weighted by Gasteiger charge is -2.10. The summed E-state index contributed by atoms with van der Waals surface area (Å²) in [7, 11) is 2.94. The van der Waals surface area contributed by atoms with Gasteiger partial charge in [-0.05, 0) is 34.9 Å². The molecule has 0 unspecified atom stereocenters. The van der Waals surface area contributed by atoms with Crippen molar-refractivity contribution in [3.63, 3.8) is 0 Å². The average molecular weight is 388 g/mol. The van der Waals surface area contributed by atoms with Gasteiger partial charge in [-0.15, -0.1) is 21.5 Å². The van der Waals surface area contributed by atoms with E-state index >= 15 is 0 Å². The van der Waals surface area contributed by atoms with Gasteiger partial charge in [0, 0.05) is 0 Å². The van der Waals surface area contributed by atoms with Gasteiger partial charge in [-0.3, -0.25) is 4.79 Å². The third-order valence-electron chi connectivity index (χ3n) is 3.54. The van der Waals surface area contributed by atoms with Gasteiger partial charge in [-0.2, -0.15) is 4.80 Å². The molecule has 0 aliphatic rings. The molecule has 2 aromatic heterocycles. The van der Waals surface area contributed by atoms with Gasteiger partial charge in [0.1, 0.15) is 11.5 Å². The first-order chi connectivity index (χ1) is 13.1. The standard InChI is InChI=1S/C17H16N4O5S/c1-24-11-5-6-14(25-2)12(8-11)13(22)10-26-16(23)9-21-19-17(18-20-21)15-4-3-7-27-15/h3-8H,9-10H2,1-2H3. The lowest BCUT2D eigenvalue weighted by molar-refractivity contribution is -0.143. The van der Waals surface area contributed by atoms with Crippen LogP contribution in [0, 0.1) is 0 Å². The first kappa shape index (κ1) is 18.5. The lowest BCUT2D eigenvalue weighted by Crippen LogP contribution is -2.20. The Labute approximate surface area is 158 Å². The first-order valence-electron chi connectivity index (χ1n) is 7.83. The van der Waals surface area contributed by atoms with Gasteiger partial charge in [0.05, 0.1) is 24.7 Å². The number of Topliss-reactive ketones (excluding diaryl/α,β-unsaturated/α-hetero) is 1. The maximum absolute atomic E-state index is 12.3. The zero-order valence-electron chi connectivity index (χ0n) is 14.6. The second kappa shape index (κ2) is 8.41. The van der Waals surface area contributed by atoms with E-state index in [-0.39, 0.29) is 12.1 Å². The molecule has 1 aromatic carbocycles. The van der Waals surface area contributed by atoms with Gasteiger partial charge in [0.25, 0.3) is 0 Å². The van der Waals surface area contributed by atoms with Crippen molar-refractivity contribution < 1.29 is 23.8 Å². The number of ketones is 1. The van der Waals surface area contributed by atoms with Crippen molar-refractivity contribution in [2.45, 2.75) is 6.54 Å². The van der Waals surface area contributed by atoms with E-state index in [1.165, 1.54) is 31.6 Å². The predicted octanol–water partition coefficient (Wildman–Crippen LogP) is 1.84. The minimum atomic E-state index is -0.652. The highest BCUT2D eigenvalue weighted by Crippen LogP contribution is 2.24. The Bertz CT molecular complexity index is 939.